The van der Waals surface area contributed by atoms with Crippen LogP contribution in [0.3, 0.4) is 0 Å². The Morgan fingerprint density at radius 2 is 1.38 bits per heavy atom. The van der Waals surface area contributed by atoms with Crippen LogP contribution in [0.2, 0.25) is 0 Å². The highest BCUT2D eigenvalue weighted by Crippen LogP contribution is 2.23. The molecule has 1 unspecified atom stereocenters. The number of nitrogens with one attached hydrogen (secondary N) is 1. The number of hydrogen-bond donors (Lipinski definition) is 1. The van der Waals surface area contributed by atoms with E-state index in [1.165, 1.54) is 57.5 Å². The van der Waals surface area contributed by atoms with E-state index in [0.717, 1.165) is 18.2 Å². The summed E-state index contributed by atoms with van der Waals surface area (Å²) in [6.07, 6.45) is -1.16. The molecule has 0 heterocycles. The van der Waals surface area contributed by atoms with Crippen LogP contribution in [0.5, 0.6) is 11.5 Å². The predicted molar refractivity (Wildman–Crippen MR) is 122 cm³/mol. The van der Waals surface area contributed by atoms with Crippen molar-refractivity contribution < 1.29 is 36.6 Å². The summed E-state index contributed by atoms with van der Waals surface area (Å²) < 4.78 is 57.3. The standard InChI is InChI=1S/C24H22FNO7S/c1-15(23(27)16-4-9-19(31-2)10-5-16)33-24(28)17-6-13-21(25)22(14-17)34(29,30)26-18-7-11-20(32-3)12-8-18/h4-15,26H,1-3H3. The molecule has 1 atom stereocenters. The zero-order chi connectivity index (χ0) is 24.9. The van der Waals surface area contributed by atoms with Gasteiger partial charge in [0, 0.05) is 11.3 Å². The number of ether oxygens (including phenoxy) is 3. The largest absolute Gasteiger partial charge is 0.497 e. The molecule has 0 spiro atoms. The van der Waals surface area contributed by atoms with E-state index in [2.05, 4.69) is 4.72 Å². The van der Waals surface area contributed by atoms with Crippen molar-refractivity contribution in [2.24, 2.45) is 0 Å². The molecule has 0 fully saturated rings. The second-order valence-electron chi connectivity index (χ2n) is 7.12. The van der Waals surface area contributed by atoms with E-state index in [0.29, 0.717) is 17.1 Å². The molecular weight excluding hydrogens is 465 g/mol. The number of benzene rings is 3. The van der Waals surface area contributed by atoms with Crippen LogP contribution in [-0.4, -0.2) is 40.5 Å². The second kappa shape index (κ2) is 10.3. The molecular formula is C24H22FNO7S. The zero-order valence-corrected chi connectivity index (χ0v) is 19.4. The summed E-state index contributed by atoms with van der Waals surface area (Å²) in [7, 11) is -1.41. The molecule has 1 N–H and O–H groups in total. The van der Waals surface area contributed by atoms with Crippen molar-refractivity contribution in [3.63, 3.8) is 0 Å². The van der Waals surface area contributed by atoms with Gasteiger partial charge in [0.25, 0.3) is 10.0 Å². The smallest absolute Gasteiger partial charge is 0.338 e. The van der Waals surface area contributed by atoms with Gasteiger partial charge in [-0.2, -0.15) is 0 Å². The van der Waals surface area contributed by atoms with E-state index < -0.39 is 38.6 Å². The fraction of sp³-hybridized carbons (Fsp3) is 0.167. The summed E-state index contributed by atoms with van der Waals surface area (Å²) >= 11 is 0. The zero-order valence-electron chi connectivity index (χ0n) is 18.6. The molecule has 0 saturated heterocycles. The maximum Gasteiger partial charge on any atom is 0.338 e. The van der Waals surface area contributed by atoms with E-state index in [-0.39, 0.29) is 11.3 Å². The van der Waals surface area contributed by atoms with Crippen LogP contribution >= 0.6 is 0 Å². The lowest BCUT2D eigenvalue weighted by Gasteiger charge is -2.14. The van der Waals surface area contributed by atoms with Gasteiger partial charge in [-0.15, -0.1) is 0 Å². The number of sulfonamides is 1. The van der Waals surface area contributed by atoms with E-state index in [9.17, 15) is 22.4 Å². The Balaban J connectivity index is 1.77. The third-order valence-corrected chi connectivity index (χ3v) is 6.22. The summed E-state index contributed by atoms with van der Waals surface area (Å²) in [6, 6.07) is 15.0. The molecule has 8 nitrogen and oxygen atoms in total. The van der Waals surface area contributed by atoms with Gasteiger partial charge >= 0.3 is 5.97 Å². The average Bonchev–Trinajstić information content (AvgIpc) is 2.83. The first-order chi connectivity index (χ1) is 16.1. The molecule has 178 valence electrons. The normalized spacial score (nSPS) is 11.9. The molecule has 0 aromatic heterocycles. The number of esters is 1. The topological polar surface area (TPSA) is 108 Å². The van der Waals surface area contributed by atoms with Crippen LogP contribution in [0.1, 0.15) is 27.6 Å². The van der Waals surface area contributed by atoms with E-state index in [1.807, 2.05) is 0 Å². The first-order valence-electron chi connectivity index (χ1n) is 10.0. The van der Waals surface area contributed by atoms with Gasteiger partial charge < -0.3 is 14.2 Å². The number of anilines is 1. The summed E-state index contributed by atoms with van der Waals surface area (Å²) in [4.78, 5) is 24.4. The van der Waals surface area contributed by atoms with Crippen molar-refractivity contribution in [2.45, 2.75) is 17.9 Å². The minimum absolute atomic E-state index is 0.173. The monoisotopic (exact) mass is 487 g/mol. The number of hydrogen-bond acceptors (Lipinski definition) is 7. The van der Waals surface area contributed by atoms with Gasteiger partial charge in [-0.25, -0.2) is 17.6 Å². The highest BCUT2D eigenvalue weighted by atomic mass is 32.2. The summed E-state index contributed by atoms with van der Waals surface area (Å²) in [6.45, 7) is 1.39. The van der Waals surface area contributed by atoms with E-state index >= 15 is 0 Å². The minimum Gasteiger partial charge on any atom is -0.497 e. The van der Waals surface area contributed by atoms with Gasteiger partial charge in [0.1, 0.15) is 22.2 Å². The first-order valence-corrected chi connectivity index (χ1v) is 11.5. The number of carbonyl (C=O) groups excluding carboxylic acids is 2. The number of Topliss-reactive ketones (excluding diaryl/α,β-unsaturated/α-hetero) is 1. The summed E-state index contributed by atoms with van der Waals surface area (Å²) in [5.41, 5.74) is 0.241. The molecule has 0 radical (unpaired) electrons. The van der Waals surface area contributed by atoms with Gasteiger partial charge in [-0.1, -0.05) is 0 Å². The van der Waals surface area contributed by atoms with Gasteiger partial charge in [0.2, 0.25) is 5.78 Å². The summed E-state index contributed by atoms with van der Waals surface area (Å²) in [5.74, 6) is -1.43. The SMILES string of the molecule is COc1ccc(NS(=O)(=O)c2cc(C(=O)OC(C)C(=O)c3ccc(OC)cc3)ccc2F)cc1. The molecule has 34 heavy (non-hydrogen) atoms. The van der Waals surface area contributed by atoms with Crippen molar-refractivity contribution >= 4 is 27.5 Å². The van der Waals surface area contributed by atoms with E-state index in [4.69, 9.17) is 14.2 Å². The highest BCUT2D eigenvalue weighted by Gasteiger charge is 2.24. The van der Waals surface area contributed by atoms with E-state index in [1.54, 1.807) is 12.1 Å². The molecule has 0 aliphatic rings. The maximum absolute atomic E-state index is 14.4. The van der Waals surface area contributed by atoms with Gasteiger partial charge in [0.15, 0.2) is 6.10 Å². The van der Waals surface area contributed by atoms with Crippen molar-refractivity contribution in [3.8, 4) is 11.5 Å². The van der Waals surface area contributed by atoms with Crippen LogP contribution in [0.15, 0.2) is 71.6 Å². The average molecular weight is 488 g/mol. The summed E-state index contributed by atoms with van der Waals surface area (Å²) in [5, 5.41) is 0. The lowest BCUT2D eigenvalue weighted by molar-refractivity contribution is 0.0318. The quantitative estimate of drug-likeness (QED) is 0.358. The molecule has 0 amide bonds. The van der Waals surface area contributed by atoms with Crippen molar-refractivity contribution in [1.29, 1.82) is 0 Å². The number of halogens is 1. The Kier molecular flexibility index (Phi) is 7.52. The maximum atomic E-state index is 14.4. The highest BCUT2D eigenvalue weighted by molar-refractivity contribution is 7.92. The Labute approximate surface area is 196 Å². The fourth-order valence-electron chi connectivity index (χ4n) is 2.98. The molecule has 0 aliphatic carbocycles. The van der Waals surface area contributed by atoms with Crippen molar-refractivity contribution in [1.82, 2.24) is 0 Å². The lowest BCUT2D eigenvalue weighted by atomic mass is 10.1. The third kappa shape index (κ3) is 5.70. The molecule has 3 aromatic rings. The molecule has 0 saturated carbocycles. The van der Waals surface area contributed by atoms with Crippen LogP contribution in [0, 0.1) is 5.82 Å². The number of carbonyl (C=O) groups is 2. The Morgan fingerprint density at radius 3 is 1.94 bits per heavy atom. The fourth-order valence-corrected chi connectivity index (χ4v) is 4.14. The molecule has 0 bridgehead atoms. The third-order valence-electron chi connectivity index (χ3n) is 4.83. The number of rotatable bonds is 9. The van der Waals surface area contributed by atoms with Gasteiger partial charge in [0.05, 0.1) is 19.8 Å². The Bertz CT molecular complexity index is 1290. The molecule has 3 aromatic carbocycles. The van der Waals surface area contributed by atoms with Gasteiger partial charge in [-0.05, 0) is 73.7 Å². The number of methoxy groups -OCH3 is 2. The van der Waals surface area contributed by atoms with Crippen molar-refractivity contribution in [2.75, 3.05) is 18.9 Å². The lowest BCUT2D eigenvalue weighted by Crippen LogP contribution is -2.24. The Morgan fingerprint density at radius 1 is 0.853 bits per heavy atom. The van der Waals surface area contributed by atoms with Gasteiger partial charge in [-0.3, -0.25) is 9.52 Å². The first kappa shape index (κ1) is 24.7. The van der Waals surface area contributed by atoms with Crippen molar-refractivity contribution in [3.05, 3.63) is 83.7 Å². The Hall–Kier alpha value is -3.92. The minimum atomic E-state index is -4.37. The predicted octanol–water partition coefficient (Wildman–Crippen LogP) is 4.07. The van der Waals surface area contributed by atoms with Crippen LogP contribution < -0.4 is 14.2 Å². The molecule has 3 rings (SSSR count). The molecule has 10 heteroatoms. The number of ketones is 1. The van der Waals surface area contributed by atoms with Crippen LogP contribution in [0.4, 0.5) is 10.1 Å². The second-order valence-corrected chi connectivity index (χ2v) is 8.77. The van der Waals surface area contributed by atoms with Crippen LogP contribution in [0.25, 0.3) is 0 Å². The molecule has 0 aliphatic heterocycles. The van der Waals surface area contributed by atoms with Crippen LogP contribution in [-0.2, 0) is 14.8 Å².